The summed E-state index contributed by atoms with van der Waals surface area (Å²) in [5.41, 5.74) is 7.58. The van der Waals surface area contributed by atoms with E-state index in [1.54, 1.807) is 0 Å². The molecule has 2 N–H and O–H groups in total. The van der Waals surface area contributed by atoms with Crippen LogP contribution in [0.2, 0.25) is 0 Å². The minimum absolute atomic E-state index is 0.124. The average Bonchev–Trinajstić information content (AvgIpc) is 3.77. The van der Waals surface area contributed by atoms with E-state index in [4.69, 9.17) is 0 Å². The number of nitrogens with one attached hydrogen (secondary N) is 1. The van der Waals surface area contributed by atoms with Gasteiger partial charge in [0.05, 0.1) is 23.5 Å². The van der Waals surface area contributed by atoms with Crippen LogP contribution in [0.4, 0.5) is 5.69 Å². The number of piperidine rings is 1. The first kappa shape index (κ1) is 28.2. The number of aliphatic hydroxyl groups is 1. The van der Waals surface area contributed by atoms with E-state index in [9.17, 15) is 9.90 Å². The number of aryl methyl sites for hydroxylation is 2. The summed E-state index contributed by atoms with van der Waals surface area (Å²) < 4.78 is 2.36. The van der Waals surface area contributed by atoms with Crippen molar-refractivity contribution >= 4 is 16.6 Å². The maximum Gasteiger partial charge on any atom is 0.193 e. The van der Waals surface area contributed by atoms with Crippen molar-refractivity contribution in [2.75, 3.05) is 24.5 Å². The lowest BCUT2D eigenvalue weighted by Gasteiger charge is -2.40. The molecule has 1 aliphatic carbocycles. The fourth-order valence-corrected chi connectivity index (χ4v) is 6.98. The zero-order valence-corrected chi connectivity index (χ0v) is 25.2. The Hall–Kier alpha value is -3.59. The summed E-state index contributed by atoms with van der Waals surface area (Å²) in [5.74, 6) is 0. The van der Waals surface area contributed by atoms with Crippen LogP contribution in [-0.2, 0) is 13.1 Å². The Morgan fingerprint density at radius 2 is 1.91 bits per heavy atom. The van der Waals surface area contributed by atoms with Crippen molar-refractivity contribution in [3.8, 4) is 0 Å². The molecule has 5 heterocycles. The normalized spacial score (nSPS) is 22.5. The maximum atomic E-state index is 14.1. The third kappa shape index (κ3) is 6.09. The predicted molar refractivity (Wildman–Crippen MR) is 170 cm³/mol. The van der Waals surface area contributed by atoms with Crippen LogP contribution in [0.15, 0.2) is 65.8 Å². The Labute approximate surface area is 253 Å². The molecule has 224 valence electrons. The number of β-amino-alcohol motifs (C(OH)–C–C–N with tert-alkyl or cyclic N) is 1. The smallest absolute Gasteiger partial charge is 0.193 e. The van der Waals surface area contributed by atoms with Gasteiger partial charge < -0.3 is 19.9 Å². The Kier molecular flexibility index (Phi) is 7.76. The van der Waals surface area contributed by atoms with Crippen molar-refractivity contribution in [3.05, 3.63) is 99.4 Å². The molecule has 1 unspecified atom stereocenters. The number of hydrogen-bond acceptors (Lipinski definition) is 7. The molecule has 3 aromatic heterocycles. The van der Waals surface area contributed by atoms with Crippen LogP contribution in [0.5, 0.6) is 0 Å². The third-order valence-corrected chi connectivity index (χ3v) is 9.48. The van der Waals surface area contributed by atoms with E-state index in [1.807, 2.05) is 32.3 Å². The minimum Gasteiger partial charge on any atom is -0.392 e. The van der Waals surface area contributed by atoms with Gasteiger partial charge in [0.25, 0.3) is 0 Å². The van der Waals surface area contributed by atoms with E-state index < -0.39 is 0 Å². The third-order valence-electron chi connectivity index (χ3n) is 9.48. The van der Waals surface area contributed by atoms with Crippen molar-refractivity contribution in [2.45, 2.75) is 83.3 Å². The summed E-state index contributed by atoms with van der Waals surface area (Å²) in [6.07, 6.45) is 10.9. The summed E-state index contributed by atoms with van der Waals surface area (Å²) in [4.78, 5) is 28.1. The molecule has 0 amide bonds. The highest BCUT2D eigenvalue weighted by atomic mass is 16.3. The van der Waals surface area contributed by atoms with Crippen molar-refractivity contribution in [3.63, 3.8) is 0 Å². The summed E-state index contributed by atoms with van der Waals surface area (Å²) in [7, 11) is 0. The SMILES string of the molecule is Cc1ccc(N2CCC[C@H](N(Cc3ccnc(C)c3)Cc3cn(C4CC4)c4cc(C5C[C@@H](O)CN5)ccc4c3=O)C2)cn1. The number of nitrogens with zero attached hydrogens (tertiary/aromatic N) is 5. The summed E-state index contributed by atoms with van der Waals surface area (Å²) in [5, 5.41) is 14.3. The Balaban J connectivity index is 1.23. The quantitative estimate of drug-likeness (QED) is 0.310. The molecule has 0 radical (unpaired) electrons. The zero-order valence-electron chi connectivity index (χ0n) is 25.2. The van der Waals surface area contributed by atoms with Gasteiger partial charge in [-0.15, -0.1) is 0 Å². The van der Waals surface area contributed by atoms with Crippen LogP contribution in [0, 0.1) is 13.8 Å². The molecule has 1 aromatic carbocycles. The van der Waals surface area contributed by atoms with Crippen molar-refractivity contribution in [1.29, 1.82) is 0 Å². The fourth-order valence-electron chi connectivity index (χ4n) is 6.98. The van der Waals surface area contributed by atoms with Crippen LogP contribution >= 0.6 is 0 Å². The number of hydrogen-bond donors (Lipinski definition) is 2. The van der Waals surface area contributed by atoms with Crippen molar-refractivity contribution in [1.82, 2.24) is 24.8 Å². The van der Waals surface area contributed by atoms with Gasteiger partial charge >= 0.3 is 0 Å². The van der Waals surface area contributed by atoms with E-state index >= 15 is 0 Å². The predicted octanol–water partition coefficient (Wildman–Crippen LogP) is 4.81. The first-order chi connectivity index (χ1) is 20.9. The topological polar surface area (TPSA) is 86.5 Å². The highest BCUT2D eigenvalue weighted by molar-refractivity contribution is 5.81. The molecule has 0 spiro atoms. The van der Waals surface area contributed by atoms with Crippen LogP contribution in [0.3, 0.4) is 0 Å². The lowest BCUT2D eigenvalue weighted by Crippen LogP contribution is -2.48. The highest BCUT2D eigenvalue weighted by Gasteiger charge is 2.30. The van der Waals surface area contributed by atoms with E-state index in [1.165, 1.54) is 5.56 Å². The molecule has 2 aliphatic heterocycles. The first-order valence-corrected chi connectivity index (χ1v) is 15.8. The largest absolute Gasteiger partial charge is 0.392 e. The second-order valence-corrected chi connectivity index (χ2v) is 12.9. The first-order valence-electron chi connectivity index (χ1n) is 15.8. The van der Waals surface area contributed by atoms with Gasteiger partial charge in [-0.05, 0) is 93.5 Å². The molecular formula is C35H42N6O2. The van der Waals surface area contributed by atoms with E-state index in [2.05, 4.69) is 72.2 Å². The second kappa shape index (κ2) is 11.8. The number of rotatable bonds is 8. The highest BCUT2D eigenvalue weighted by Crippen LogP contribution is 2.38. The summed E-state index contributed by atoms with van der Waals surface area (Å²) >= 11 is 0. The molecule has 7 rings (SSSR count). The van der Waals surface area contributed by atoms with Gasteiger partial charge in [-0.1, -0.05) is 6.07 Å². The minimum atomic E-state index is -0.318. The molecule has 8 nitrogen and oxygen atoms in total. The molecule has 3 atom stereocenters. The number of aliphatic hydroxyl groups excluding tert-OH is 1. The van der Waals surface area contributed by atoms with Gasteiger partial charge in [0.2, 0.25) is 0 Å². The number of aromatic nitrogens is 3. The molecule has 3 aliphatic rings. The average molecular weight is 579 g/mol. The van der Waals surface area contributed by atoms with Gasteiger partial charge in [-0.2, -0.15) is 0 Å². The summed E-state index contributed by atoms with van der Waals surface area (Å²) in [6.45, 7) is 7.97. The Bertz CT molecular complexity index is 1660. The van der Waals surface area contributed by atoms with Gasteiger partial charge in [0.15, 0.2) is 5.43 Å². The van der Waals surface area contributed by atoms with Crippen molar-refractivity contribution in [2.24, 2.45) is 0 Å². The van der Waals surface area contributed by atoms with Crippen LogP contribution < -0.4 is 15.6 Å². The van der Waals surface area contributed by atoms with Gasteiger partial charge in [-0.25, -0.2) is 0 Å². The molecule has 2 saturated heterocycles. The lowest BCUT2D eigenvalue weighted by atomic mass is 10.00. The fraction of sp³-hybridized carbons (Fsp3) is 0.457. The molecule has 43 heavy (non-hydrogen) atoms. The van der Waals surface area contributed by atoms with Crippen LogP contribution in [0.1, 0.15) is 72.3 Å². The number of pyridine rings is 3. The monoisotopic (exact) mass is 578 g/mol. The Morgan fingerprint density at radius 1 is 1.02 bits per heavy atom. The second-order valence-electron chi connectivity index (χ2n) is 12.9. The van der Waals surface area contributed by atoms with Crippen LogP contribution in [0.25, 0.3) is 10.9 Å². The molecular weight excluding hydrogens is 536 g/mol. The molecule has 0 bridgehead atoms. The lowest BCUT2D eigenvalue weighted by molar-refractivity contribution is 0.158. The maximum absolute atomic E-state index is 14.1. The number of fused-ring (bicyclic) bond motifs is 1. The van der Waals surface area contributed by atoms with E-state index in [0.717, 1.165) is 84.4 Å². The molecule has 4 aromatic rings. The van der Waals surface area contributed by atoms with Gasteiger partial charge in [-0.3, -0.25) is 19.7 Å². The van der Waals surface area contributed by atoms with E-state index in [0.29, 0.717) is 31.6 Å². The molecule has 3 fully saturated rings. The van der Waals surface area contributed by atoms with Gasteiger partial charge in [0.1, 0.15) is 0 Å². The Morgan fingerprint density at radius 3 is 2.65 bits per heavy atom. The van der Waals surface area contributed by atoms with Crippen molar-refractivity contribution < 1.29 is 5.11 Å². The van der Waals surface area contributed by atoms with E-state index in [-0.39, 0.29) is 17.6 Å². The number of anilines is 1. The standard InChI is InChI=1S/C35H42N6O2/c1-23-5-7-29(17-37-23)39-13-3-4-30(22-39)40(19-25-11-12-36-24(2)14-25)20-27-21-41(28-8-9-28)34-15-26(6-10-32(34)35(27)43)33-16-31(42)18-38-33/h5-7,10-12,14-15,17,21,28,30-31,33,38,42H,3-4,8-9,13,16,18-20,22H2,1-2H3/t30-,31+,33?/m0/s1. The molecule has 1 saturated carbocycles. The molecule has 8 heteroatoms. The zero-order chi connectivity index (χ0) is 29.5. The van der Waals surface area contributed by atoms with Crippen LogP contribution in [-0.4, -0.2) is 56.3 Å². The summed E-state index contributed by atoms with van der Waals surface area (Å²) in [6, 6.07) is 15.7. The van der Waals surface area contributed by atoms with Gasteiger partial charge in [0, 0.05) is 85.6 Å². The number of benzene rings is 1.